The summed E-state index contributed by atoms with van der Waals surface area (Å²) in [6, 6.07) is 8.74. The molecule has 2 amide bonds. The molecule has 0 bridgehead atoms. The fourth-order valence-corrected chi connectivity index (χ4v) is 1.81. The van der Waals surface area contributed by atoms with Crippen LogP contribution in [0.2, 0.25) is 0 Å². The van der Waals surface area contributed by atoms with Crippen LogP contribution in [-0.2, 0) is 25.5 Å². The van der Waals surface area contributed by atoms with Crippen LogP contribution in [0, 0.1) is 0 Å². The van der Waals surface area contributed by atoms with E-state index in [0.717, 1.165) is 5.56 Å². The third kappa shape index (κ3) is 6.69. The maximum absolute atomic E-state index is 12.1. The van der Waals surface area contributed by atoms with Crippen LogP contribution >= 0.6 is 0 Å². The number of rotatable bonds is 7. The van der Waals surface area contributed by atoms with Crippen molar-refractivity contribution in [2.24, 2.45) is 0 Å². The summed E-state index contributed by atoms with van der Waals surface area (Å²) in [5, 5.41) is 5.26. The summed E-state index contributed by atoms with van der Waals surface area (Å²) < 4.78 is 4.44. The average molecular weight is 304 g/mol. The monoisotopic (exact) mass is 304 g/mol. The summed E-state index contributed by atoms with van der Waals surface area (Å²) in [7, 11) is 1.28. The summed E-state index contributed by atoms with van der Waals surface area (Å²) in [4.78, 5) is 34.3. The quantitative estimate of drug-likeness (QED) is 0.570. The molecule has 0 aliphatic carbocycles. The van der Waals surface area contributed by atoms with Crippen LogP contribution in [0.5, 0.6) is 0 Å². The van der Waals surface area contributed by atoms with Gasteiger partial charge in [0, 0.05) is 26.0 Å². The molecule has 6 nitrogen and oxygen atoms in total. The van der Waals surface area contributed by atoms with Crippen molar-refractivity contribution in [1.29, 1.82) is 0 Å². The maximum atomic E-state index is 12.1. The van der Waals surface area contributed by atoms with E-state index in [1.807, 2.05) is 30.3 Å². The van der Waals surface area contributed by atoms with Crippen LogP contribution in [0.15, 0.2) is 42.5 Å². The maximum Gasteiger partial charge on any atom is 0.330 e. The van der Waals surface area contributed by atoms with Gasteiger partial charge in [-0.3, -0.25) is 9.59 Å². The third-order valence-corrected chi connectivity index (χ3v) is 2.83. The second kappa shape index (κ2) is 9.33. The van der Waals surface area contributed by atoms with Gasteiger partial charge in [0.15, 0.2) is 0 Å². The Balaban J connectivity index is 2.59. The molecule has 1 atom stereocenters. The topological polar surface area (TPSA) is 84.5 Å². The van der Waals surface area contributed by atoms with Gasteiger partial charge in [0.25, 0.3) is 0 Å². The van der Waals surface area contributed by atoms with Crippen molar-refractivity contribution in [2.75, 3.05) is 13.7 Å². The predicted octanol–water partition coefficient (Wildman–Crippen LogP) is 0.579. The van der Waals surface area contributed by atoms with Crippen LogP contribution in [0.1, 0.15) is 12.5 Å². The fourth-order valence-electron chi connectivity index (χ4n) is 1.81. The van der Waals surface area contributed by atoms with Gasteiger partial charge in [-0.1, -0.05) is 36.4 Å². The number of carbonyl (C=O) groups is 3. The molecule has 1 rings (SSSR count). The highest BCUT2D eigenvalue weighted by molar-refractivity contribution is 5.87. The number of amides is 2. The van der Waals surface area contributed by atoms with E-state index in [0.29, 0.717) is 6.42 Å². The highest BCUT2D eigenvalue weighted by Crippen LogP contribution is 2.03. The molecule has 0 heterocycles. The number of benzene rings is 1. The molecule has 0 aromatic heterocycles. The molecule has 6 heteroatoms. The van der Waals surface area contributed by atoms with Crippen LogP contribution in [0.4, 0.5) is 0 Å². The molecule has 0 saturated heterocycles. The zero-order valence-electron chi connectivity index (χ0n) is 12.7. The summed E-state index contributed by atoms with van der Waals surface area (Å²) in [5.41, 5.74) is 0.946. The SMILES string of the molecule is COC(=O)/C=C/CNC(=O)[C@H](Cc1ccccc1)NC(C)=O. The summed E-state index contributed by atoms with van der Waals surface area (Å²) in [5.74, 6) is -1.08. The van der Waals surface area contributed by atoms with Crippen molar-refractivity contribution < 1.29 is 19.1 Å². The molecule has 118 valence electrons. The standard InChI is InChI=1S/C16H20N2O4/c1-12(19)18-14(11-13-7-4-3-5-8-13)16(21)17-10-6-9-15(20)22-2/h3-9,14H,10-11H2,1-2H3,(H,17,21)(H,18,19)/b9-6+/t14-/m0/s1. The van der Waals surface area contributed by atoms with Crippen molar-refractivity contribution in [3.8, 4) is 0 Å². The Labute approximate surface area is 129 Å². The highest BCUT2D eigenvalue weighted by atomic mass is 16.5. The molecule has 2 N–H and O–H groups in total. The Bertz CT molecular complexity index is 540. The second-order valence-corrected chi connectivity index (χ2v) is 4.61. The smallest absolute Gasteiger partial charge is 0.330 e. The minimum absolute atomic E-state index is 0.179. The molecular weight excluding hydrogens is 284 g/mol. The Morgan fingerprint density at radius 2 is 1.91 bits per heavy atom. The van der Waals surface area contributed by atoms with Gasteiger partial charge in [0.05, 0.1) is 7.11 Å². The lowest BCUT2D eigenvalue weighted by Crippen LogP contribution is -2.47. The highest BCUT2D eigenvalue weighted by Gasteiger charge is 2.19. The lowest BCUT2D eigenvalue weighted by atomic mass is 10.1. The number of carbonyl (C=O) groups excluding carboxylic acids is 3. The molecule has 0 saturated carbocycles. The first-order valence-electron chi connectivity index (χ1n) is 6.86. The Morgan fingerprint density at radius 3 is 2.50 bits per heavy atom. The molecule has 0 radical (unpaired) electrons. The van der Waals surface area contributed by atoms with E-state index in [-0.39, 0.29) is 18.4 Å². The molecule has 0 aliphatic heterocycles. The van der Waals surface area contributed by atoms with Gasteiger partial charge < -0.3 is 15.4 Å². The van der Waals surface area contributed by atoms with Crippen molar-refractivity contribution in [2.45, 2.75) is 19.4 Å². The van der Waals surface area contributed by atoms with Crippen LogP contribution in [0.3, 0.4) is 0 Å². The van der Waals surface area contributed by atoms with Gasteiger partial charge in [-0.15, -0.1) is 0 Å². The third-order valence-electron chi connectivity index (χ3n) is 2.83. The summed E-state index contributed by atoms with van der Waals surface area (Å²) in [6.45, 7) is 1.54. The number of hydrogen-bond acceptors (Lipinski definition) is 4. The first-order chi connectivity index (χ1) is 10.5. The Hall–Kier alpha value is -2.63. The number of nitrogens with one attached hydrogen (secondary N) is 2. The minimum atomic E-state index is -0.661. The molecule has 0 fully saturated rings. The van der Waals surface area contributed by atoms with Gasteiger partial charge in [0.2, 0.25) is 11.8 Å². The Morgan fingerprint density at radius 1 is 1.23 bits per heavy atom. The zero-order chi connectivity index (χ0) is 16.4. The summed E-state index contributed by atoms with van der Waals surface area (Å²) in [6.07, 6.45) is 3.11. The van der Waals surface area contributed by atoms with Gasteiger partial charge in [0.1, 0.15) is 6.04 Å². The number of methoxy groups -OCH3 is 1. The second-order valence-electron chi connectivity index (χ2n) is 4.61. The first-order valence-corrected chi connectivity index (χ1v) is 6.86. The summed E-state index contributed by atoms with van der Waals surface area (Å²) >= 11 is 0. The Kier molecular flexibility index (Phi) is 7.39. The van der Waals surface area contributed by atoms with Crippen molar-refractivity contribution in [1.82, 2.24) is 10.6 Å². The fraction of sp³-hybridized carbons (Fsp3) is 0.312. The molecule has 0 unspecified atom stereocenters. The number of hydrogen-bond donors (Lipinski definition) is 2. The zero-order valence-corrected chi connectivity index (χ0v) is 12.7. The van der Waals surface area contributed by atoms with Crippen LogP contribution in [0.25, 0.3) is 0 Å². The van der Waals surface area contributed by atoms with E-state index < -0.39 is 12.0 Å². The minimum Gasteiger partial charge on any atom is -0.466 e. The van der Waals surface area contributed by atoms with E-state index >= 15 is 0 Å². The molecule has 22 heavy (non-hydrogen) atoms. The molecular formula is C16H20N2O4. The van der Waals surface area contributed by atoms with E-state index in [1.165, 1.54) is 26.2 Å². The molecule has 0 aliphatic rings. The average Bonchev–Trinajstić information content (AvgIpc) is 2.51. The lowest BCUT2D eigenvalue weighted by Gasteiger charge is -2.17. The normalized spacial score (nSPS) is 11.7. The molecule has 0 spiro atoms. The predicted molar refractivity (Wildman–Crippen MR) is 81.9 cm³/mol. The van der Waals surface area contributed by atoms with Crippen molar-refractivity contribution in [3.63, 3.8) is 0 Å². The van der Waals surface area contributed by atoms with E-state index in [4.69, 9.17) is 0 Å². The van der Waals surface area contributed by atoms with Gasteiger partial charge >= 0.3 is 5.97 Å². The van der Waals surface area contributed by atoms with Gasteiger partial charge in [-0.25, -0.2) is 4.79 Å². The number of ether oxygens (including phenoxy) is 1. The van der Waals surface area contributed by atoms with Crippen molar-refractivity contribution >= 4 is 17.8 Å². The first kappa shape index (κ1) is 17.4. The molecule has 1 aromatic carbocycles. The molecule has 1 aromatic rings. The van der Waals surface area contributed by atoms with Gasteiger partial charge in [-0.05, 0) is 5.56 Å². The largest absolute Gasteiger partial charge is 0.466 e. The van der Waals surface area contributed by atoms with Crippen LogP contribution in [-0.4, -0.2) is 37.5 Å². The number of esters is 1. The van der Waals surface area contributed by atoms with E-state index in [2.05, 4.69) is 15.4 Å². The van der Waals surface area contributed by atoms with E-state index in [9.17, 15) is 14.4 Å². The van der Waals surface area contributed by atoms with Crippen molar-refractivity contribution in [3.05, 3.63) is 48.0 Å². The van der Waals surface area contributed by atoms with Gasteiger partial charge in [-0.2, -0.15) is 0 Å². The van der Waals surface area contributed by atoms with Crippen LogP contribution < -0.4 is 10.6 Å². The van der Waals surface area contributed by atoms with E-state index in [1.54, 1.807) is 0 Å². The lowest BCUT2D eigenvalue weighted by molar-refractivity contribution is -0.134.